The van der Waals surface area contributed by atoms with Gasteiger partial charge in [-0.15, -0.1) is 0 Å². The monoisotopic (exact) mass is 793 g/mol. The Morgan fingerprint density at radius 1 is 0.909 bits per heavy atom. The molecule has 0 aromatic heterocycles. The third kappa shape index (κ3) is 14.0. The lowest BCUT2D eigenvalue weighted by Gasteiger charge is -2.17. The summed E-state index contributed by atoms with van der Waals surface area (Å²) in [6.07, 6.45) is 0.0598. The Bertz CT molecular complexity index is 1570. The van der Waals surface area contributed by atoms with Crippen molar-refractivity contribution in [2.24, 2.45) is 0 Å². The molecule has 0 radical (unpaired) electrons. The van der Waals surface area contributed by atoms with Crippen molar-refractivity contribution in [2.75, 3.05) is 45.3 Å². The van der Waals surface area contributed by atoms with Crippen molar-refractivity contribution in [1.82, 2.24) is 31.6 Å². The van der Waals surface area contributed by atoms with Crippen LogP contribution in [-0.2, 0) is 49.6 Å². The van der Waals surface area contributed by atoms with Gasteiger partial charge in [0, 0.05) is 68.8 Å². The number of carbonyl (C=O) groups is 7. The molecule has 3 heterocycles. The summed E-state index contributed by atoms with van der Waals surface area (Å²) in [7, 11) is 0. The van der Waals surface area contributed by atoms with Crippen LogP contribution in [0, 0.1) is 10.1 Å². The number of rotatable bonds is 23. The Kier molecular flexibility index (Phi) is 16.9. The summed E-state index contributed by atoms with van der Waals surface area (Å²) >= 11 is 1.86. The van der Waals surface area contributed by atoms with Gasteiger partial charge < -0.3 is 40.8 Å². The fourth-order valence-corrected chi connectivity index (χ4v) is 7.53. The standard InChI is InChI=1S/C34H47N7O13S/c1-21(53-34(48)54-40-30(45)10-11-31(40)46)23-18-22(6-7-25(23)41(49)50)19-37-29(44)9-8-28(43)36-13-15-52-17-16-51-14-12-35-27(42)5-3-2-4-26-32-24(20-55-26)38-33(47)39-32/h6-7,18,21,24,26,32H,2-5,8-17,19-20H2,1H3,(H,35,42)(H,36,43)(H,37,44)(H2,38,39,47). The number of hydrogen-bond donors (Lipinski definition) is 5. The topological polar surface area (TPSA) is 263 Å². The Hall–Kier alpha value is -5.02. The van der Waals surface area contributed by atoms with Crippen LogP contribution in [0.2, 0.25) is 0 Å². The summed E-state index contributed by atoms with van der Waals surface area (Å²) < 4.78 is 16.0. The molecule has 1 aromatic rings. The van der Waals surface area contributed by atoms with E-state index in [0.29, 0.717) is 48.7 Å². The molecule has 20 nitrogen and oxygen atoms in total. The molecule has 55 heavy (non-hydrogen) atoms. The number of nitrogens with zero attached hydrogens (tertiary/aromatic N) is 2. The number of unbranched alkanes of at least 4 members (excludes halogenated alkanes) is 1. The fourth-order valence-electron chi connectivity index (χ4n) is 5.98. The molecule has 0 saturated carbocycles. The highest BCUT2D eigenvalue weighted by Gasteiger charge is 2.42. The lowest BCUT2D eigenvalue weighted by atomic mass is 10.0. The van der Waals surface area contributed by atoms with E-state index in [1.54, 1.807) is 0 Å². The zero-order valence-electron chi connectivity index (χ0n) is 30.5. The molecule has 0 spiro atoms. The van der Waals surface area contributed by atoms with Gasteiger partial charge >= 0.3 is 12.2 Å². The number of imide groups is 1. The van der Waals surface area contributed by atoms with Gasteiger partial charge in [0.2, 0.25) is 17.7 Å². The Labute approximate surface area is 320 Å². The normalized spacial score (nSPS) is 19.3. The summed E-state index contributed by atoms with van der Waals surface area (Å²) in [5, 5.41) is 26.3. The molecule has 4 atom stereocenters. The van der Waals surface area contributed by atoms with E-state index >= 15 is 0 Å². The second kappa shape index (κ2) is 21.8. The molecule has 5 N–H and O–H groups in total. The molecule has 7 amide bonds. The van der Waals surface area contributed by atoms with E-state index in [9.17, 15) is 43.7 Å². The van der Waals surface area contributed by atoms with E-state index in [-0.39, 0.29) is 86.6 Å². The first-order valence-electron chi connectivity index (χ1n) is 18.1. The molecule has 3 fully saturated rings. The summed E-state index contributed by atoms with van der Waals surface area (Å²) in [6.45, 7) is 3.10. The second-order valence-corrected chi connectivity index (χ2v) is 14.2. The van der Waals surface area contributed by atoms with Crippen LogP contribution in [0.3, 0.4) is 0 Å². The van der Waals surface area contributed by atoms with Crippen molar-refractivity contribution < 1.29 is 57.5 Å². The Balaban J connectivity index is 0.986. The number of fused-ring (bicyclic) bond motifs is 1. The highest BCUT2D eigenvalue weighted by atomic mass is 32.2. The van der Waals surface area contributed by atoms with Crippen molar-refractivity contribution >= 4 is 59.2 Å². The van der Waals surface area contributed by atoms with E-state index in [4.69, 9.17) is 14.2 Å². The highest BCUT2D eigenvalue weighted by Crippen LogP contribution is 2.33. The highest BCUT2D eigenvalue weighted by molar-refractivity contribution is 8.00. The molecule has 4 rings (SSSR count). The minimum Gasteiger partial charge on any atom is -0.425 e. The van der Waals surface area contributed by atoms with Gasteiger partial charge in [-0.1, -0.05) is 17.6 Å². The van der Waals surface area contributed by atoms with Gasteiger partial charge in [0.25, 0.3) is 17.5 Å². The molecule has 4 unspecified atom stereocenters. The van der Waals surface area contributed by atoms with E-state index in [2.05, 4.69) is 31.4 Å². The molecular formula is C34H47N7O13S. The van der Waals surface area contributed by atoms with Gasteiger partial charge in [-0.05, 0) is 31.4 Å². The van der Waals surface area contributed by atoms with Gasteiger partial charge in [-0.3, -0.25) is 38.9 Å². The van der Waals surface area contributed by atoms with Gasteiger partial charge in [-0.25, -0.2) is 9.59 Å². The van der Waals surface area contributed by atoms with Crippen LogP contribution in [0.4, 0.5) is 15.3 Å². The molecule has 3 saturated heterocycles. The van der Waals surface area contributed by atoms with Crippen molar-refractivity contribution in [3.8, 4) is 0 Å². The number of urea groups is 1. The van der Waals surface area contributed by atoms with Crippen LogP contribution in [0.1, 0.15) is 75.5 Å². The van der Waals surface area contributed by atoms with E-state index < -0.39 is 34.9 Å². The third-order valence-electron chi connectivity index (χ3n) is 8.83. The van der Waals surface area contributed by atoms with Crippen molar-refractivity contribution in [2.45, 2.75) is 88.3 Å². The first kappa shape index (κ1) is 42.7. The maximum Gasteiger partial charge on any atom is 0.534 e. The van der Waals surface area contributed by atoms with Crippen LogP contribution < -0.4 is 26.6 Å². The third-order valence-corrected chi connectivity index (χ3v) is 10.3. The summed E-state index contributed by atoms with van der Waals surface area (Å²) in [4.78, 5) is 99.1. The molecule has 21 heteroatoms. The van der Waals surface area contributed by atoms with E-state index in [1.165, 1.54) is 25.1 Å². The van der Waals surface area contributed by atoms with Gasteiger partial charge in [-0.2, -0.15) is 11.8 Å². The Morgan fingerprint density at radius 2 is 1.55 bits per heavy atom. The first-order chi connectivity index (χ1) is 26.4. The predicted octanol–water partition coefficient (Wildman–Crippen LogP) is 1.26. The van der Waals surface area contributed by atoms with Crippen LogP contribution in [0.25, 0.3) is 0 Å². The van der Waals surface area contributed by atoms with E-state index in [0.717, 1.165) is 25.0 Å². The SMILES string of the molecule is CC(OC(=O)ON1C(=O)CCC1=O)c1cc(CNC(=O)CCC(=O)NCCOCCOCCNC(=O)CCCCC2SCC3NC(=O)NC32)ccc1[N+](=O)[O-]. The van der Waals surface area contributed by atoms with Crippen molar-refractivity contribution in [3.05, 3.63) is 39.4 Å². The summed E-state index contributed by atoms with van der Waals surface area (Å²) in [5.41, 5.74) is 0.0616. The molecule has 0 bridgehead atoms. The fraction of sp³-hybridized carbons (Fsp3) is 0.618. The molecular weight excluding hydrogens is 746 g/mol. The average Bonchev–Trinajstić information content (AvgIpc) is 3.81. The van der Waals surface area contributed by atoms with Crippen LogP contribution in [-0.4, -0.2) is 114 Å². The molecule has 0 aliphatic carbocycles. The minimum atomic E-state index is -1.39. The number of hydroxylamine groups is 2. The number of hydrogen-bond acceptors (Lipinski definition) is 14. The second-order valence-electron chi connectivity index (χ2n) is 12.9. The van der Waals surface area contributed by atoms with Gasteiger partial charge in [0.05, 0.1) is 49.0 Å². The zero-order chi connectivity index (χ0) is 39.7. The van der Waals surface area contributed by atoms with Crippen LogP contribution >= 0.6 is 11.8 Å². The number of carbonyl (C=O) groups excluding carboxylic acids is 7. The number of nitro benzene ring substituents is 1. The molecule has 3 aliphatic rings. The van der Waals surface area contributed by atoms with Crippen LogP contribution in [0.15, 0.2) is 18.2 Å². The van der Waals surface area contributed by atoms with Crippen molar-refractivity contribution in [1.29, 1.82) is 0 Å². The lowest BCUT2D eigenvalue weighted by Crippen LogP contribution is -2.36. The van der Waals surface area contributed by atoms with Crippen molar-refractivity contribution in [3.63, 3.8) is 0 Å². The summed E-state index contributed by atoms with van der Waals surface area (Å²) in [5.74, 6) is -1.33. The number of ether oxygens (including phenoxy) is 3. The van der Waals surface area contributed by atoms with Gasteiger partial charge in [0.15, 0.2) is 0 Å². The molecule has 1 aromatic carbocycles. The molecule has 302 valence electrons. The average molecular weight is 794 g/mol. The van der Waals surface area contributed by atoms with Gasteiger partial charge in [0.1, 0.15) is 6.10 Å². The predicted molar refractivity (Wildman–Crippen MR) is 193 cm³/mol. The number of amides is 7. The molecule has 3 aliphatic heterocycles. The lowest BCUT2D eigenvalue weighted by molar-refractivity contribution is -0.386. The van der Waals surface area contributed by atoms with E-state index in [1.807, 2.05) is 11.8 Å². The zero-order valence-corrected chi connectivity index (χ0v) is 31.3. The minimum absolute atomic E-state index is 0.0134. The maximum absolute atomic E-state index is 12.4. The number of nitro groups is 1. The maximum atomic E-state index is 12.4. The van der Waals surface area contributed by atoms with Crippen LogP contribution in [0.5, 0.6) is 0 Å². The number of benzene rings is 1. The number of thioether (sulfide) groups is 1. The number of nitrogens with one attached hydrogen (secondary N) is 5. The Morgan fingerprint density at radius 3 is 2.20 bits per heavy atom. The smallest absolute Gasteiger partial charge is 0.425 e. The summed E-state index contributed by atoms with van der Waals surface area (Å²) in [6, 6.07) is 4.25. The largest absolute Gasteiger partial charge is 0.534 e. The quantitative estimate of drug-likeness (QED) is 0.0261. The first-order valence-corrected chi connectivity index (χ1v) is 19.1.